The van der Waals surface area contributed by atoms with Crippen LogP contribution >= 0.6 is 11.3 Å². The molecule has 2 atom stereocenters. The lowest BCUT2D eigenvalue weighted by Crippen LogP contribution is -2.42. The van der Waals surface area contributed by atoms with E-state index in [1.807, 2.05) is 35.4 Å². The number of carbonyl (C=O) groups is 1. The van der Waals surface area contributed by atoms with Gasteiger partial charge in [0.2, 0.25) is 0 Å². The second-order valence-electron chi connectivity index (χ2n) is 6.20. The van der Waals surface area contributed by atoms with Gasteiger partial charge in [0.1, 0.15) is 5.69 Å². The highest BCUT2D eigenvalue weighted by Gasteiger charge is 2.38. The number of nitrogens with zero attached hydrogens (tertiary/aromatic N) is 2. The van der Waals surface area contributed by atoms with Gasteiger partial charge < -0.3 is 14.4 Å². The van der Waals surface area contributed by atoms with Crippen molar-refractivity contribution in [1.29, 1.82) is 0 Å². The number of aromatic nitrogens is 1. The molecule has 1 aliphatic heterocycles. The Morgan fingerprint density at radius 1 is 1.32 bits per heavy atom. The van der Waals surface area contributed by atoms with Crippen molar-refractivity contribution in [2.45, 2.75) is 31.9 Å². The van der Waals surface area contributed by atoms with Crippen molar-refractivity contribution >= 4 is 17.2 Å². The lowest BCUT2D eigenvalue weighted by molar-refractivity contribution is 0.000428. The number of benzene rings is 1. The normalized spacial score (nSPS) is 20.2. The van der Waals surface area contributed by atoms with Crippen molar-refractivity contribution in [3.8, 4) is 0 Å². The van der Waals surface area contributed by atoms with E-state index in [0.29, 0.717) is 25.5 Å². The topological polar surface area (TPSA) is 51.7 Å². The number of amides is 1. The van der Waals surface area contributed by atoms with Crippen LogP contribution in [0.3, 0.4) is 0 Å². The number of hydrogen-bond donors (Lipinski definition) is 0. The van der Waals surface area contributed by atoms with Crippen LogP contribution in [0.25, 0.3) is 0 Å². The quantitative estimate of drug-likeness (QED) is 0.713. The van der Waals surface area contributed by atoms with E-state index in [1.54, 1.807) is 7.11 Å². The molecule has 0 unspecified atom stereocenters. The molecule has 1 aromatic heterocycles. The highest BCUT2D eigenvalue weighted by molar-refractivity contribution is 7.09. The molecule has 1 aliphatic rings. The molecule has 0 aliphatic carbocycles. The molecule has 2 heterocycles. The molecule has 2 aromatic rings. The molecule has 3 rings (SSSR count). The molecular formula is C19H24N2O3S. The second kappa shape index (κ2) is 8.56. The first-order valence-electron chi connectivity index (χ1n) is 8.56. The van der Waals surface area contributed by atoms with Gasteiger partial charge in [-0.3, -0.25) is 4.79 Å². The van der Waals surface area contributed by atoms with E-state index in [2.05, 4.69) is 17.1 Å². The van der Waals surface area contributed by atoms with E-state index in [-0.39, 0.29) is 18.1 Å². The number of likely N-dealkylation sites (tertiary alicyclic amines) is 1. The molecule has 0 spiro atoms. The van der Waals surface area contributed by atoms with Gasteiger partial charge in [0.25, 0.3) is 5.91 Å². The predicted octanol–water partition coefficient (Wildman–Crippen LogP) is 2.94. The van der Waals surface area contributed by atoms with Crippen LogP contribution < -0.4 is 0 Å². The molecule has 0 N–H and O–H groups in total. The number of thiazole rings is 1. The average molecular weight is 360 g/mol. The van der Waals surface area contributed by atoms with Gasteiger partial charge in [-0.15, -0.1) is 11.3 Å². The summed E-state index contributed by atoms with van der Waals surface area (Å²) in [6.45, 7) is 3.73. The molecule has 0 saturated carbocycles. The fourth-order valence-corrected chi connectivity index (χ4v) is 3.85. The number of carbonyl (C=O) groups excluding carboxylic acids is 1. The smallest absolute Gasteiger partial charge is 0.273 e. The first-order valence-corrected chi connectivity index (χ1v) is 9.44. The van der Waals surface area contributed by atoms with Crippen molar-refractivity contribution < 1.29 is 14.3 Å². The summed E-state index contributed by atoms with van der Waals surface area (Å²) in [4.78, 5) is 19.2. The number of methoxy groups -OCH3 is 1. The van der Waals surface area contributed by atoms with E-state index in [0.717, 1.165) is 17.8 Å². The molecule has 134 valence electrons. The standard InChI is InChI=1S/C19H24N2O3S/c1-14-20-16(13-25-14)19(22)21-9-8-18(24-11-10-23-2)17(21)12-15-6-4-3-5-7-15/h3-7,13,17-18H,8-12H2,1-2H3/t17-,18+/m0/s1. The second-order valence-corrected chi connectivity index (χ2v) is 7.26. The summed E-state index contributed by atoms with van der Waals surface area (Å²) >= 11 is 1.51. The van der Waals surface area contributed by atoms with Crippen molar-refractivity contribution in [2.75, 3.05) is 26.9 Å². The maximum absolute atomic E-state index is 12.9. The van der Waals surface area contributed by atoms with Crippen molar-refractivity contribution in [1.82, 2.24) is 9.88 Å². The Labute approximate surface area is 152 Å². The summed E-state index contributed by atoms with van der Waals surface area (Å²) in [7, 11) is 1.67. The highest BCUT2D eigenvalue weighted by Crippen LogP contribution is 2.26. The van der Waals surface area contributed by atoms with Gasteiger partial charge in [0.05, 0.1) is 30.4 Å². The third kappa shape index (κ3) is 4.45. The van der Waals surface area contributed by atoms with Gasteiger partial charge in [-0.2, -0.15) is 0 Å². The SMILES string of the molecule is COCCO[C@@H]1CCN(C(=O)c2csc(C)n2)[C@H]1Cc1ccccc1. The number of ether oxygens (including phenoxy) is 2. The first-order chi connectivity index (χ1) is 12.2. The maximum Gasteiger partial charge on any atom is 0.273 e. The molecule has 0 bridgehead atoms. The van der Waals surface area contributed by atoms with Crippen molar-refractivity contribution in [3.05, 3.63) is 52.0 Å². The Kier molecular flexibility index (Phi) is 6.18. The van der Waals surface area contributed by atoms with Gasteiger partial charge in [-0.1, -0.05) is 30.3 Å². The summed E-state index contributed by atoms with van der Waals surface area (Å²) in [6.07, 6.45) is 1.66. The summed E-state index contributed by atoms with van der Waals surface area (Å²) in [5.74, 6) is 0.00289. The van der Waals surface area contributed by atoms with Gasteiger partial charge in [0, 0.05) is 19.0 Å². The van der Waals surface area contributed by atoms with E-state index in [1.165, 1.54) is 16.9 Å². The molecule has 6 heteroatoms. The molecule has 1 aromatic carbocycles. The number of rotatable bonds is 7. The first kappa shape index (κ1) is 18.0. The van der Waals surface area contributed by atoms with Crippen LogP contribution in [0.1, 0.15) is 27.5 Å². The summed E-state index contributed by atoms with van der Waals surface area (Å²) in [5, 5.41) is 2.76. The van der Waals surface area contributed by atoms with Crippen LogP contribution in [-0.4, -0.2) is 54.8 Å². The van der Waals surface area contributed by atoms with Crippen molar-refractivity contribution in [2.24, 2.45) is 0 Å². The summed E-state index contributed by atoms with van der Waals surface area (Å²) < 4.78 is 11.1. The Balaban J connectivity index is 1.76. The predicted molar refractivity (Wildman–Crippen MR) is 98.1 cm³/mol. The Hall–Kier alpha value is -1.76. The van der Waals surface area contributed by atoms with Gasteiger partial charge in [0.15, 0.2) is 0 Å². The number of aryl methyl sites for hydroxylation is 1. The third-order valence-electron chi connectivity index (χ3n) is 4.49. The van der Waals surface area contributed by atoms with Gasteiger partial charge in [-0.25, -0.2) is 4.98 Å². The van der Waals surface area contributed by atoms with E-state index < -0.39 is 0 Å². The summed E-state index contributed by atoms with van der Waals surface area (Å²) in [6, 6.07) is 10.3. The third-order valence-corrected chi connectivity index (χ3v) is 5.26. The van der Waals surface area contributed by atoms with Crippen LogP contribution in [0.2, 0.25) is 0 Å². The lowest BCUT2D eigenvalue weighted by atomic mass is 10.0. The monoisotopic (exact) mass is 360 g/mol. The van der Waals surface area contributed by atoms with E-state index >= 15 is 0 Å². The lowest BCUT2D eigenvalue weighted by Gasteiger charge is -2.28. The molecule has 1 fully saturated rings. The van der Waals surface area contributed by atoms with E-state index in [9.17, 15) is 4.79 Å². The highest BCUT2D eigenvalue weighted by atomic mass is 32.1. The Bertz CT molecular complexity index is 689. The van der Waals surface area contributed by atoms with Crippen LogP contribution in [-0.2, 0) is 15.9 Å². The minimum absolute atomic E-state index is 0.00289. The van der Waals surface area contributed by atoms with Crippen molar-refractivity contribution in [3.63, 3.8) is 0 Å². The molecule has 0 radical (unpaired) electrons. The van der Waals surface area contributed by atoms with Crippen LogP contribution in [0, 0.1) is 6.92 Å². The Morgan fingerprint density at radius 2 is 2.12 bits per heavy atom. The maximum atomic E-state index is 12.9. The zero-order valence-electron chi connectivity index (χ0n) is 14.7. The minimum atomic E-state index is 0.00289. The molecule has 1 amide bonds. The van der Waals surface area contributed by atoms with Crippen LogP contribution in [0.5, 0.6) is 0 Å². The minimum Gasteiger partial charge on any atom is -0.382 e. The Morgan fingerprint density at radius 3 is 2.80 bits per heavy atom. The fourth-order valence-electron chi connectivity index (χ4n) is 3.26. The molecule has 5 nitrogen and oxygen atoms in total. The largest absolute Gasteiger partial charge is 0.382 e. The van der Waals surface area contributed by atoms with E-state index in [4.69, 9.17) is 9.47 Å². The van der Waals surface area contributed by atoms with Gasteiger partial charge in [-0.05, 0) is 25.3 Å². The van der Waals surface area contributed by atoms with Crippen LogP contribution in [0.15, 0.2) is 35.7 Å². The van der Waals surface area contributed by atoms with Crippen LogP contribution in [0.4, 0.5) is 0 Å². The molecular weight excluding hydrogens is 336 g/mol. The zero-order chi connectivity index (χ0) is 17.6. The molecule has 1 saturated heterocycles. The summed E-state index contributed by atoms with van der Waals surface area (Å²) in [5.41, 5.74) is 1.75. The zero-order valence-corrected chi connectivity index (χ0v) is 15.5. The fraction of sp³-hybridized carbons (Fsp3) is 0.474. The average Bonchev–Trinajstić information content (AvgIpc) is 3.22. The number of hydrogen-bond acceptors (Lipinski definition) is 5. The molecule has 25 heavy (non-hydrogen) atoms. The van der Waals surface area contributed by atoms with Gasteiger partial charge >= 0.3 is 0 Å².